The van der Waals surface area contributed by atoms with Crippen molar-refractivity contribution in [3.05, 3.63) is 40.6 Å². The van der Waals surface area contributed by atoms with Crippen molar-refractivity contribution in [1.82, 2.24) is 9.78 Å². The van der Waals surface area contributed by atoms with E-state index in [9.17, 15) is 18.0 Å². The Hall–Kier alpha value is -2.48. The van der Waals surface area contributed by atoms with Crippen LogP contribution in [0.3, 0.4) is 0 Å². The minimum Gasteiger partial charge on any atom is -0.407 e. The first kappa shape index (κ1) is 21.7. The Morgan fingerprint density at radius 3 is 2.58 bits per heavy atom. The van der Waals surface area contributed by atoms with Crippen LogP contribution in [0.1, 0.15) is 72.5 Å². The van der Waals surface area contributed by atoms with E-state index in [0.717, 1.165) is 32.1 Å². The SMILES string of the molecule is CCn1ncc(C(=O)c2ccc3c(c2C)CCCS3(=O)=O)c1OC(=O)C1CCCCC1. The Balaban J connectivity index is 1.68. The number of hydrogen-bond acceptors (Lipinski definition) is 6. The van der Waals surface area contributed by atoms with Crippen molar-refractivity contribution in [2.24, 2.45) is 5.92 Å². The van der Waals surface area contributed by atoms with Gasteiger partial charge >= 0.3 is 5.97 Å². The molecular formula is C23H28N2O5S. The normalized spacial score (nSPS) is 18.4. The van der Waals surface area contributed by atoms with Crippen LogP contribution in [0.15, 0.2) is 23.2 Å². The molecule has 2 aromatic rings. The summed E-state index contributed by atoms with van der Waals surface area (Å²) in [7, 11) is -3.31. The molecule has 1 saturated carbocycles. The molecular weight excluding hydrogens is 416 g/mol. The summed E-state index contributed by atoms with van der Waals surface area (Å²) in [6, 6.07) is 3.09. The number of sulfone groups is 1. The van der Waals surface area contributed by atoms with Gasteiger partial charge in [0.25, 0.3) is 0 Å². The van der Waals surface area contributed by atoms with Crippen LogP contribution in [-0.4, -0.2) is 35.7 Å². The molecule has 31 heavy (non-hydrogen) atoms. The number of carbonyl (C=O) groups is 2. The number of carbonyl (C=O) groups excluding carboxylic acids is 2. The molecule has 1 aromatic carbocycles. The molecule has 1 aromatic heterocycles. The molecule has 1 aliphatic heterocycles. The molecule has 1 fully saturated rings. The van der Waals surface area contributed by atoms with Crippen molar-refractivity contribution < 1.29 is 22.7 Å². The van der Waals surface area contributed by atoms with Crippen LogP contribution in [0.2, 0.25) is 0 Å². The third-order valence-corrected chi connectivity index (χ3v) is 8.32. The molecule has 0 atom stereocenters. The second-order valence-corrected chi connectivity index (χ2v) is 10.5. The average Bonchev–Trinajstić information content (AvgIpc) is 3.17. The molecule has 0 unspecified atom stereocenters. The molecule has 0 amide bonds. The van der Waals surface area contributed by atoms with E-state index < -0.39 is 9.84 Å². The van der Waals surface area contributed by atoms with Crippen LogP contribution < -0.4 is 4.74 Å². The summed E-state index contributed by atoms with van der Waals surface area (Å²) in [4.78, 5) is 26.5. The van der Waals surface area contributed by atoms with E-state index in [2.05, 4.69) is 5.10 Å². The molecule has 166 valence electrons. The average molecular weight is 445 g/mol. The minimum absolute atomic E-state index is 0.136. The van der Waals surface area contributed by atoms with Crippen LogP contribution in [-0.2, 0) is 27.6 Å². The van der Waals surface area contributed by atoms with Crippen molar-refractivity contribution in [1.29, 1.82) is 0 Å². The van der Waals surface area contributed by atoms with Crippen LogP contribution in [0.5, 0.6) is 5.88 Å². The predicted octanol–water partition coefficient (Wildman–Crippen LogP) is 3.65. The van der Waals surface area contributed by atoms with Crippen molar-refractivity contribution in [2.45, 2.75) is 70.2 Å². The van der Waals surface area contributed by atoms with Gasteiger partial charge in [0, 0.05) is 12.1 Å². The number of aromatic nitrogens is 2. The number of benzene rings is 1. The molecule has 0 N–H and O–H groups in total. The zero-order valence-electron chi connectivity index (χ0n) is 18.0. The molecule has 0 radical (unpaired) electrons. The van der Waals surface area contributed by atoms with Crippen LogP contribution in [0, 0.1) is 12.8 Å². The van der Waals surface area contributed by atoms with E-state index in [4.69, 9.17) is 4.74 Å². The molecule has 8 heteroatoms. The predicted molar refractivity (Wildman–Crippen MR) is 115 cm³/mol. The fraction of sp³-hybridized carbons (Fsp3) is 0.522. The highest BCUT2D eigenvalue weighted by Gasteiger charge is 2.30. The second kappa shape index (κ2) is 8.57. The summed E-state index contributed by atoms with van der Waals surface area (Å²) >= 11 is 0. The van der Waals surface area contributed by atoms with Gasteiger partial charge in [-0.2, -0.15) is 5.10 Å². The Kier molecular flexibility index (Phi) is 6.01. The van der Waals surface area contributed by atoms with Gasteiger partial charge in [0.2, 0.25) is 5.88 Å². The van der Waals surface area contributed by atoms with Crippen molar-refractivity contribution in [3.63, 3.8) is 0 Å². The Morgan fingerprint density at radius 2 is 1.87 bits per heavy atom. The first-order valence-corrected chi connectivity index (χ1v) is 12.7. The van der Waals surface area contributed by atoms with Gasteiger partial charge in [-0.25, -0.2) is 13.1 Å². The molecule has 4 rings (SSSR count). The topological polar surface area (TPSA) is 95.3 Å². The summed E-state index contributed by atoms with van der Waals surface area (Å²) < 4.78 is 32.0. The van der Waals surface area contributed by atoms with Gasteiger partial charge < -0.3 is 4.74 Å². The van der Waals surface area contributed by atoms with Gasteiger partial charge in [0.15, 0.2) is 15.6 Å². The Labute approximate surface area is 182 Å². The van der Waals surface area contributed by atoms with Crippen molar-refractivity contribution in [2.75, 3.05) is 5.75 Å². The summed E-state index contributed by atoms with van der Waals surface area (Å²) in [5.41, 5.74) is 2.02. The fourth-order valence-corrected chi connectivity index (χ4v) is 6.30. The lowest BCUT2D eigenvalue weighted by atomic mass is 9.89. The first-order chi connectivity index (χ1) is 14.8. The molecule has 0 saturated heterocycles. The fourth-order valence-electron chi connectivity index (χ4n) is 4.65. The zero-order chi connectivity index (χ0) is 22.2. The largest absolute Gasteiger partial charge is 0.407 e. The molecule has 1 aliphatic carbocycles. The number of nitrogens with zero attached hydrogens (tertiary/aromatic N) is 2. The van der Waals surface area contributed by atoms with Crippen LogP contribution >= 0.6 is 0 Å². The lowest BCUT2D eigenvalue weighted by molar-refractivity contribution is -0.140. The highest BCUT2D eigenvalue weighted by Crippen LogP contribution is 2.32. The first-order valence-electron chi connectivity index (χ1n) is 11.0. The molecule has 0 bridgehead atoms. The maximum Gasteiger partial charge on any atom is 0.315 e. The Bertz CT molecular complexity index is 1130. The number of hydrogen-bond donors (Lipinski definition) is 0. The maximum atomic E-state index is 13.4. The number of ketones is 1. The number of rotatable bonds is 5. The standard InChI is InChI=1S/C23H28N2O5S/c1-3-25-22(30-23(27)16-8-5-4-6-9-16)19(14-24-25)21(26)18-11-12-20-17(15(18)2)10-7-13-31(20,28)29/h11-12,14,16H,3-10,13H2,1-2H3. The van der Waals surface area contributed by atoms with E-state index in [0.29, 0.717) is 41.0 Å². The summed E-state index contributed by atoms with van der Waals surface area (Å²) in [6.45, 7) is 4.11. The number of ether oxygens (including phenoxy) is 1. The number of esters is 1. The van der Waals surface area contributed by atoms with E-state index in [1.54, 1.807) is 13.0 Å². The van der Waals surface area contributed by atoms with Gasteiger partial charge in [-0.15, -0.1) is 0 Å². The highest BCUT2D eigenvalue weighted by molar-refractivity contribution is 7.91. The number of fused-ring (bicyclic) bond motifs is 1. The van der Waals surface area contributed by atoms with E-state index in [1.165, 1.54) is 16.9 Å². The quantitative estimate of drug-likeness (QED) is 0.516. The van der Waals surface area contributed by atoms with Crippen LogP contribution in [0.4, 0.5) is 0 Å². The summed E-state index contributed by atoms with van der Waals surface area (Å²) in [6.07, 6.45) is 7.37. The maximum absolute atomic E-state index is 13.4. The third-order valence-electron chi connectivity index (χ3n) is 6.45. The highest BCUT2D eigenvalue weighted by atomic mass is 32.2. The third kappa shape index (κ3) is 4.05. The van der Waals surface area contributed by atoms with Gasteiger partial charge in [-0.05, 0) is 62.8 Å². The van der Waals surface area contributed by atoms with Gasteiger partial charge in [0.1, 0.15) is 5.56 Å². The van der Waals surface area contributed by atoms with Crippen molar-refractivity contribution in [3.8, 4) is 5.88 Å². The van der Waals surface area contributed by atoms with Gasteiger partial charge in [0.05, 0.1) is 22.8 Å². The molecule has 7 nitrogen and oxygen atoms in total. The van der Waals surface area contributed by atoms with Gasteiger partial charge in [-0.1, -0.05) is 19.3 Å². The summed E-state index contributed by atoms with van der Waals surface area (Å²) in [5.74, 6) is -0.455. The monoisotopic (exact) mass is 444 g/mol. The molecule has 2 aliphatic rings. The Morgan fingerprint density at radius 1 is 1.13 bits per heavy atom. The zero-order valence-corrected chi connectivity index (χ0v) is 18.8. The number of aryl methyl sites for hydroxylation is 1. The lowest BCUT2D eigenvalue weighted by Crippen LogP contribution is -2.24. The van der Waals surface area contributed by atoms with E-state index >= 15 is 0 Å². The lowest BCUT2D eigenvalue weighted by Gasteiger charge is -2.21. The minimum atomic E-state index is -3.31. The van der Waals surface area contributed by atoms with Crippen LogP contribution in [0.25, 0.3) is 0 Å². The van der Waals surface area contributed by atoms with E-state index in [-0.39, 0.29) is 34.9 Å². The van der Waals surface area contributed by atoms with Crippen molar-refractivity contribution >= 4 is 21.6 Å². The van der Waals surface area contributed by atoms with Gasteiger partial charge in [-0.3, -0.25) is 9.59 Å². The van der Waals surface area contributed by atoms with E-state index in [1.807, 2.05) is 6.92 Å². The molecule has 2 heterocycles. The second-order valence-electron chi connectivity index (χ2n) is 8.40. The molecule has 0 spiro atoms. The summed E-state index contributed by atoms with van der Waals surface area (Å²) in [5, 5.41) is 4.24. The smallest absolute Gasteiger partial charge is 0.315 e.